The van der Waals surface area contributed by atoms with E-state index in [0.717, 1.165) is 48.7 Å². The number of carbonyl (C=O) groups is 4. The van der Waals surface area contributed by atoms with Gasteiger partial charge in [0.15, 0.2) is 0 Å². The second-order valence-corrected chi connectivity index (χ2v) is 11.5. The Bertz CT molecular complexity index is 1590. The van der Waals surface area contributed by atoms with E-state index >= 15 is 0 Å². The maximum absolute atomic E-state index is 13.8. The molecule has 2 atom stereocenters. The lowest BCUT2D eigenvalue weighted by Crippen LogP contribution is -2.39. The highest BCUT2D eigenvalue weighted by atomic mass is 35.5. The molecular weight excluding hydrogens is 747 g/mol. The minimum absolute atomic E-state index is 0.139. The second-order valence-electron chi connectivity index (χ2n) is 11.0. The number of carboxylic acids is 3. The van der Waals surface area contributed by atoms with Crippen LogP contribution < -0.4 is 0 Å². The number of likely N-dealkylation sites (tertiary alicyclic amines) is 2. The summed E-state index contributed by atoms with van der Waals surface area (Å²) in [5.41, 5.74) is 3.03. The summed E-state index contributed by atoms with van der Waals surface area (Å²) in [6.07, 6.45) is -7.06. The normalized spacial score (nSPS) is 18.7. The van der Waals surface area contributed by atoms with E-state index < -0.39 is 41.9 Å². The van der Waals surface area contributed by atoms with Crippen LogP contribution in [0.3, 0.4) is 0 Å². The summed E-state index contributed by atoms with van der Waals surface area (Å²) in [4.78, 5) is 53.5. The fourth-order valence-electron chi connectivity index (χ4n) is 5.17. The topological polar surface area (TPSA) is 161 Å². The Hall–Kier alpha value is -4.98. The summed E-state index contributed by atoms with van der Waals surface area (Å²) in [5.74, 6) is -7.88. The molecule has 0 aliphatic carbocycles. The molecule has 0 saturated carbocycles. The van der Waals surface area contributed by atoms with Gasteiger partial charge in [-0.15, -0.1) is 0 Å². The van der Waals surface area contributed by atoms with E-state index in [-0.39, 0.29) is 11.8 Å². The molecular formula is C31H28ClF9N4O7. The lowest BCUT2D eigenvalue weighted by atomic mass is 9.73. The summed E-state index contributed by atoms with van der Waals surface area (Å²) in [5, 5.41) is 22.1. The first-order valence-corrected chi connectivity index (χ1v) is 14.8. The fourth-order valence-corrected chi connectivity index (χ4v) is 5.30. The minimum atomic E-state index is -5.08. The van der Waals surface area contributed by atoms with Gasteiger partial charge in [-0.25, -0.2) is 14.4 Å². The van der Waals surface area contributed by atoms with Crippen molar-refractivity contribution in [3.63, 3.8) is 0 Å². The summed E-state index contributed by atoms with van der Waals surface area (Å²) < 4.78 is 95.2. The third-order valence-corrected chi connectivity index (χ3v) is 7.64. The van der Waals surface area contributed by atoms with E-state index in [1.54, 1.807) is 12.4 Å². The lowest BCUT2D eigenvalue weighted by Gasteiger charge is -2.29. The molecule has 2 aromatic heterocycles. The molecule has 2 fully saturated rings. The first-order valence-electron chi connectivity index (χ1n) is 14.4. The van der Waals surface area contributed by atoms with Crippen LogP contribution in [-0.2, 0) is 32.3 Å². The van der Waals surface area contributed by atoms with Crippen LogP contribution in [0.5, 0.6) is 0 Å². The van der Waals surface area contributed by atoms with E-state index in [1.165, 1.54) is 5.56 Å². The van der Waals surface area contributed by atoms with Crippen LogP contribution in [0.2, 0.25) is 5.02 Å². The largest absolute Gasteiger partial charge is 0.490 e. The Kier molecular flexibility index (Phi) is 14.9. The average Bonchev–Trinajstić information content (AvgIpc) is 3.57. The molecule has 21 heteroatoms. The molecule has 1 aromatic carbocycles. The van der Waals surface area contributed by atoms with Gasteiger partial charge in [0.25, 0.3) is 0 Å². The van der Waals surface area contributed by atoms with Gasteiger partial charge in [-0.3, -0.25) is 19.7 Å². The van der Waals surface area contributed by atoms with Crippen molar-refractivity contribution in [2.24, 2.45) is 5.41 Å². The van der Waals surface area contributed by atoms with Crippen molar-refractivity contribution in [1.29, 1.82) is 0 Å². The van der Waals surface area contributed by atoms with Crippen LogP contribution in [0.1, 0.15) is 29.0 Å². The quantitative estimate of drug-likeness (QED) is 0.261. The van der Waals surface area contributed by atoms with Gasteiger partial charge in [0.05, 0.1) is 5.41 Å². The molecule has 52 heavy (non-hydrogen) atoms. The highest BCUT2D eigenvalue weighted by Gasteiger charge is 2.57. The maximum atomic E-state index is 13.8. The van der Waals surface area contributed by atoms with Crippen LogP contribution in [-0.4, -0.2) is 97.1 Å². The standard InChI is InChI=1S/C25H25ClN4O.3C2HF3O2/c26-22-7-5-19(6-8-22)15-29-17-23(21-4-2-11-28-14-21)25(18-29)9-12-30(24(25)31)16-20-3-1-10-27-13-20;3*3-2(4,5)1(6)7/h1-8,10-11,13-14,23H,9,12,15-18H2;3*(H,6,7). The van der Waals surface area contributed by atoms with E-state index in [1.807, 2.05) is 47.6 Å². The number of hydrogen-bond donors (Lipinski definition) is 3. The van der Waals surface area contributed by atoms with Crippen molar-refractivity contribution in [3.8, 4) is 0 Å². The number of pyridine rings is 2. The molecule has 11 nitrogen and oxygen atoms in total. The molecule has 3 N–H and O–H groups in total. The number of benzene rings is 1. The Morgan fingerprint density at radius 2 is 1.23 bits per heavy atom. The Labute approximate surface area is 293 Å². The van der Waals surface area contributed by atoms with Crippen molar-refractivity contribution < 1.29 is 74.0 Å². The first kappa shape index (κ1) is 43.2. The number of nitrogens with zero attached hydrogens (tertiary/aromatic N) is 4. The molecule has 3 aromatic rings. The molecule has 2 unspecified atom stereocenters. The Morgan fingerprint density at radius 1 is 0.750 bits per heavy atom. The van der Waals surface area contributed by atoms with E-state index in [9.17, 15) is 44.3 Å². The van der Waals surface area contributed by atoms with Crippen LogP contribution in [0.4, 0.5) is 39.5 Å². The summed E-state index contributed by atoms with van der Waals surface area (Å²) in [6.45, 7) is 3.81. The average molecular weight is 775 g/mol. The summed E-state index contributed by atoms with van der Waals surface area (Å²) in [6, 6.07) is 16.0. The van der Waals surface area contributed by atoms with Crippen LogP contribution >= 0.6 is 11.6 Å². The summed E-state index contributed by atoms with van der Waals surface area (Å²) in [7, 11) is 0. The van der Waals surface area contributed by atoms with Crippen molar-refractivity contribution in [2.45, 2.75) is 44.0 Å². The van der Waals surface area contributed by atoms with Gasteiger partial charge in [-0.05, 0) is 47.4 Å². The Morgan fingerprint density at radius 3 is 1.65 bits per heavy atom. The third kappa shape index (κ3) is 13.0. The van der Waals surface area contributed by atoms with Crippen molar-refractivity contribution >= 4 is 35.4 Å². The van der Waals surface area contributed by atoms with Crippen LogP contribution in [0.25, 0.3) is 0 Å². The number of carboxylic acid groups (broad SMARTS) is 3. The van der Waals surface area contributed by atoms with E-state index in [4.69, 9.17) is 41.3 Å². The number of hydrogen-bond acceptors (Lipinski definition) is 7. The van der Waals surface area contributed by atoms with Gasteiger partial charge < -0.3 is 20.2 Å². The van der Waals surface area contributed by atoms with Crippen molar-refractivity contribution in [2.75, 3.05) is 19.6 Å². The first-order chi connectivity index (χ1) is 24.0. The van der Waals surface area contributed by atoms with Crippen molar-refractivity contribution in [3.05, 3.63) is 95.0 Å². The number of amides is 1. The molecule has 5 rings (SSSR count). The van der Waals surface area contributed by atoms with Crippen LogP contribution in [0.15, 0.2) is 73.3 Å². The molecule has 2 saturated heterocycles. The summed E-state index contributed by atoms with van der Waals surface area (Å²) >= 11 is 6.06. The van der Waals surface area contributed by atoms with E-state index in [0.29, 0.717) is 6.54 Å². The molecule has 0 bridgehead atoms. The molecule has 284 valence electrons. The zero-order valence-electron chi connectivity index (χ0n) is 26.3. The molecule has 1 amide bonds. The maximum Gasteiger partial charge on any atom is 0.490 e. The van der Waals surface area contributed by atoms with Gasteiger partial charge in [0, 0.05) is 68.5 Å². The zero-order valence-corrected chi connectivity index (χ0v) is 27.0. The third-order valence-electron chi connectivity index (χ3n) is 7.38. The number of halogens is 10. The molecule has 0 radical (unpaired) electrons. The monoisotopic (exact) mass is 774 g/mol. The fraction of sp³-hybridized carbons (Fsp3) is 0.355. The minimum Gasteiger partial charge on any atom is -0.475 e. The van der Waals surface area contributed by atoms with Crippen molar-refractivity contribution in [1.82, 2.24) is 19.8 Å². The van der Waals surface area contributed by atoms with Gasteiger partial charge in [-0.1, -0.05) is 35.9 Å². The Balaban J connectivity index is 0.000000365. The molecule has 1 spiro atoms. The smallest absolute Gasteiger partial charge is 0.475 e. The van der Waals surface area contributed by atoms with Gasteiger partial charge >= 0.3 is 36.4 Å². The highest BCUT2D eigenvalue weighted by Crippen LogP contribution is 2.50. The predicted octanol–water partition coefficient (Wildman–Crippen LogP) is 6.05. The SMILES string of the molecule is O=C(O)C(F)(F)F.O=C(O)C(F)(F)F.O=C(O)C(F)(F)F.O=C1N(Cc2cccnc2)CCC12CN(Cc1ccc(Cl)cc1)CC2c1cccnc1. The van der Waals surface area contributed by atoms with E-state index in [2.05, 4.69) is 33.1 Å². The second kappa shape index (κ2) is 18.0. The number of rotatable bonds is 5. The lowest BCUT2D eigenvalue weighted by molar-refractivity contribution is -0.193. The van der Waals surface area contributed by atoms with Gasteiger partial charge in [-0.2, -0.15) is 39.5 Å². The molecule has 2 aliphatic rings. The number of aromatic nitrogens is 2. The predicted molar refractivity (Wildman–Crippen MR) is 161 cm³/mol. The number of carbonyl (C=O) groups excluding carboxylic acids is 1. The van der Waals surface area contributed by atoms with Gasteiger partial charge in [0.2, 0.25) is 5.91 Å². The molecule has 2 aliphatic heterocycles. The number of aliphatic carboxylic acids is 3. The van der Waals surface area contributed by atoms with Gasteiger partial charge in [0.1, 0.15) is 0 Å². The highest BCUT2D eigenvalue weighted by molar-refractivity contribution is 6.30. The van der Waals surface area contributed by atoms with Crippen LogP contribution in [0, 0.1) is 5.41 Å². The number of alkyl halides is 9. The zero-order chi connectivity index (χ0) is 39.5. The molecule has 4 heterocycles.